The molecule has 0 saturated carbocycles. The van der Waals surface area contributed by atoms with Gasteiger partial charge in [-0.2, -0.15) is 8.42 Å². The van der Waals surface area contributed by atoms with E-state index in [0.29, 0.717) is 31.2 Å². The van der Waals surface area contributed by atoms with Crippen molar-refractivity contribution in [2.24, 2.45) is 11.8 Å². The smallest absolute Gasteiger partial charge is 0.293 e. The van der Waals surface area contributed by atoms with Gasteiger partial charge in [-0.15, -0.1) is 12.6 Å². The molecule has 5 nitrogen and oxygen atoms in total. The third-order valence-electron chi connectivity index (χ3n) is 3.97. The van der Waals surface area contributed by atoms with Gasteiger partial charge in [0.1, 0.15) is 4.32 Å². The lowest BCUT2D eigenvalue weighted by Gasteiger charge is -2.29. The van der Waals surface area contributed by atoms with Gasteiger partial charge in [-0.25, -0.2) is 0 Å². The average Bonchev–Trinajstić information content (AvgIpc) is 2.43. The van der Waals surface area contributed by atoms with Crippen LogP contribution in [0.4, 0.5) is 0 Å². The molecule has 0 radical (unpaired) electrons. The number of thiol groups is 1. The fourth-order valence-electron chi connectivity index (χ4n) is 2.63. The van der Waals surface area contributed by atoms with Crippen LogP contribution in [0.2, 0.25) is 0 Å². The molecule has 0 aliphatic rings. The molecule has 0 saturated heterocycles. The second-order valence-electron chi connectivity index (χ2n) is 7.34. The maximum absolute atomic E-state index is 12.4. The molecular formula is C17H33NO4S3. The van der Waals surface area contributed by atoms with Gasteiger partial charge in [0.15, 0.2) is 5.78 Å². The summed E-state index contributed by atoms with van der Waals surface area (Å²) in [6, 6.07) is 0. The number of nitrogens with zero attached hydrogens (tertiary/aromatic N) is 1. The quantitative estimate of drug-likeness (QED) is 0.203. The maximum Gasteiger partial charge on any atom is 0.293 e. The number of rotatable bonds is 13. The Kier molecular flexibility index (Phi) is 12.2. The van der Waals surface area contributed by atoms with Crippen molar-refractivity contribution in [1.82, 2.24) is 4.90 Å². The van der Waals surface area contributed by atoms with Crippen molar-refractivity contribution in [3.05, 3.63) is 0 Å². The van der Waals surface area contributed by atoms with Gasteiger partial charge in [-0.05, 0) is 24.7 Å². The normalized spacial score (nSPS) is 13.3. The van der Waals surface area contributed by atoms with Gasteiger partial charge < -0.3 is 4.90 Å². The van der Waals surface area contributed by atoms with Gasteiger partial charge in [0.25, 0.3) is 10.1 Å². The van der Waals surface area contributed by atoms with E-state index in [0.717, 1.165) is 25.7 Å². The van der Waals surface area contributed by atoms with E-state index < -0.39 is 21.3 Å². The number of Topliss-reactive ketones (excluding diaryl/α,β-unsaturated/α-hetero) is 1. The van der Waals surface area contributed by atoms with Crippen LogP contribution in [0.25, 0.3) is 0 Å². The zero-order valence-electron chi connectivity index (χ0n) is 15.8. The Bertz CT molecular complexity index is 518. The van der Waals surface area contributed by atoms with Gasteiger partial charge in [-0.3, -0.25) is 9.35 Å². The van der Waals surface area contributed by atoms with Crippen LogP contribution in [-0.2, 0) is 14.9 Å². The zero-order valence-corrected chi connectivity index (χ0v) is 18.3. The van der Waals surface area contributed by atoms with Crippen LogP contribution in [0.3, 0.4) is 0 Å². The van der Waals surface area contributed by atoms with Gasteiger partial charge in [0.05, 0.1) is 0 Å². The Morgan fingerprint density at radius 1 is 1.04 bits per heavy atom. The van der Waals surface area contributed by atoms with Gasteiger partial charge in [-0.1, -0.05) is 65.6 Å². The summed E-state index contributed by atoms with van der Waals surface area (Å²) in [6.45, 7) is 8.67. The van der Waals surface area contributed by atoms with Crippen LogP contribution < -0.4 is 0 Å². The summed E-state index contributed by atoms with van der Waals surface area (Å²) in [4.78, 5) is 13.7. The molecular weight excluding hydrogens is 378 g/mol. The number of ketones is 1. The van der Waals surface area contributed by atoms with E-state index >= 15 is 0 Å². The summed E-state index contributed by atoms with van der Waals surface area (Å²) in [7, 11) is -4.58. The minimum absolute atomic E-state index is 0.0173. The van der Waals surface area contributed by atoms with E-state index in [2.05, 4.69) is 26.5 Å². The van der Waals surface area contributed by atoms with Crippen molar-refractivity contribution in [3.8, 4) is 0 Å². The molecule has 0 aliphatic carbocycles. The highest BCUT2D eigenvalue weighted by molar-refractivity contribution is 8.11. The van der Waals surface area contributed by atoms with Gasteiger partial charge in [0.2, 0.25) is 5.37 Å². The molecule has 0 aliphatic heterocycles. The first-order valence-electron chi connectivity index (χ1n) is 8.95. The number of thiocarbonyl (C=S) groups is 1. The van der Waals surface area contributed by atoms with Crippen LogP contribution in [-0.4, -0.2) is 39.9 Å². The van der Waals surface area contributed by atoms with Crippen molar-refractivity contribution >= 4 is 45.1 Å². The SMILES string of the molecule is CC(C)CCCCCN(C(=S)S)C(C(=O)CCCC(C)C)S(=O)(=O)O. The van der Waals surface area contributed by atoms with Crippen molar-refractivity contribution in [2.75, 3.05) is 6.54 Å². The third kappa shape index (κ3) is 11.2. The van der Waals surface area contributed by atoms with Gasteiger partial charge in [0, 0.05) is 13.0 Å². The fourth-order valence-corrected chi connectivity index (χ4v) is 4.17. The number of unbranched alkanes of at least 4 members (excludes halogenated alkanes) is 2. The molecule has 1 atom stereocenters. The zero-order chi connectivity index (χ0) is 19.6. The Morgan fingerprint density at radius 2 is 1.56 bits per heavy atom. The van der Waals surface area contributed by atoms with Crippen molar-refractivity contribution in [3.63, 3.8) is 0 Å². The lowest BCUT2D eigenvalue weighted by atomic mass is 10.0. The number of hydrogen-bond donors (Lipinski definition) is 2. The standard InChI is InChI=1S/C17H33NO4S3/c1-13(2)9-6-5-7-12-18(17(23)24)16(25(20,21)22)15(19)11-8-10-14(3)4/h13-14,16H,5-12H2,1-4H3,(H,23,24)(H,20,21,22). The van der Waals surface area contributed by atoms with E-state index in [-0.39, 0.29) is 10.7 Å². The van der Waals surface area contributed by atoms with Crippen LogP contribution >= 0.6 is 24.8 Å². The average molecular weight is 412 g/mol. The fraction of sp³-hybridized carbons (Fsp3) is 0.882. The Morgan fingerprint density at radius 3 is 2.00 bits per heavy atom. The predicted octanol–water partition coefficient (Wildman–Crippen LogP) is 4.33. The first-order chi connectivity index (χ1) is 11.5. The van der Waals surface area contributed by atoms with E-state index in [9.17, 15) is 17.8 Å². The molecule has 148 valence electrons. The molecule has 0 spiro atoms. The Labute approximate surface area is 164 Å². The highest BCUT2D eigenvalue weighted by atomic mass is 32.2. The molecule has 0 aromatic carbocycles. The first-order valence-corrected chi connectivity index (χ1v) is 11.3. The summed E-state index contributed by atoms with van der Waals surface area (Å²) in [6.07, 6.45) is 5.24. The van der Waals surface area contributed by atoms with Crippen molar-refractivity contribution in [2.45, 2.75) is 78.0 Å². The predicted molar refractivity (Wildman–Crippen MR) is 111 cm³/mol. The van der Waals surface area contributed by atoms with E-state index in [4.69, 9.17) is 12.2 Å². The molecule has 1 unspecified atom stereocenters. The second-order valence-corrected chi connectivity index (χ2v) is 9.93. The molecule has 0 amide bonds. The summed E-state index contributed by atoms with van der Waals surface area (Å²) < 4.78 is 33.2. The molecule has 0 rings (SSSR count). The van der Waals surface area contributed by atoms with E-state index in [1.807, 2.05) is 13.8 Å². The molecule has 0 bridgehead atoms. The highest BCUT2D eigenvalue weighted by Crippen LogP contribution is 2.18. The monoisotopic (exact) mass is 411 g/mol. The first kappa shape index (κ1) is 24.8. The van der Waals surface area contributed by atoms with E-state index in [1.165, 1.54) is 4.90 Å². The summed E-state index contributed by atoms with van der Waals surface area (Å²) >= 11 is 9.09. The number of hydrogen-bond acceptors (Lipinski definition) is 4. The molecule has 25 heavy (non-hydrogen) atoms. The number of carbonyl (C=O) groups is 1. The summed E-state index contributed by atoms with van der Waals surface area (Å²) in [5, 5.41) is -1.64. The lowest BCUT2D eigenvalue weighted by molar-refractivity contribution is -0.120. The highest BCUT2D eigenvalue weighted by Gasteiger charge is 2.36. The van der Waals surface area contributed by atoms with Crippen molar-refractivity contribution in [1.29, 1.82) is 0 Å². The summed E-state index contributed by atoms with van der Waals surface area (Å²) in [5.41, 5.74) is 0. The Hall–Kier alpha value is -0.180. The molecule has 0 heterocycles. The lowest BCUT2D eigenvalue weighted by Crippen LogP contribution is -2.48. The maximum atomic E-state index is 12.4. The largest absolute Gasteiger partial charge is 0.333 e. The van der Waals surface area contributed by atoms with Crippen molar-refractivity contribution < 1.29 is 17.8 Å². The Balaban J connectivity index is 4.91. The molecule has 8 heteroatoms. The number of carbonyl (C=O) groups excluding carboxylic acids is 1. The van der Waals surface area contributed by atoms with Crippen LogP contribution in [0.15, 0.2) is 0 Å². The summed E-state index contributed by atoms with van der Waals surface area (Å²) in [5.74, 6) is 0.525. The van der Waals surface area contributed by atoms with E-state index in [1.54, 1.807) is 0 Å². The third-order valence-corrected chi connectivity index (χ3v) is 5.54. The molecule has 1 N–H and O–H groups in total. The molecule has 0 aromatic heterocycles. The molecule has 0 aromatic rings. The second kappa shape index (κ2) is 12.3. The van der Waals surface area contributed by atoms with Gasteiger partial charge >= 0.3 is 0 Å². The van der Waals surface area contributed by atoms with Crippen LogP contribution in [0.5, 0.6) is 0 Å². The topological polar surface area (TPSA) is 74.7 Å². The van der Waals surface area contributed by atoms with Crippen LogP contribution in [0, 0.1) is 11.8 Å². The minimum atomic E-state index is -4.58. The molecule has 0 fully saturated rings. The minimum Gasteiger partial charge on any atom is -0.333 e. The van der Waals surface area contributed by atoms with Crippen LogP contribution in [0.1, 0.15) is 72.6 Å².